The minimum Gasteiger partial charge on any atom is -0.337 e. The standard InChI is InChI=1S/C18H27N5O2/c1-12-8-20-16(9-19-12)18(25)22-6-5-17-14(10-22)7-15(11-21(3)4)23(17)13(2)24/h8-9,14-15,17H,5-7,10-11H2,1-4H3/t14-,15+,17+/m1/s1. The molecule has 0 saturated carbocycles. The van der Waals surface area contributed by atoms with Crippen LogP contribution in [0.2, 0.25) is 0 Å². The van der Waals surface area contributed by atoms with E-state index in [1.54, 1.807) is 19.3 Å². The molecule has 0 aliphatic carbocycles. The van der Waals surface area contributed by atoms with Gasteiger partial charge in [-0.25, -0.2) is 4.98 Å². The van der Waals surface area contributed by atoms with Gasteiger partial charge in [-0.05, 0) is 39.8 Å². The quantitative estimate of drug-likeness (QED) is 0.810. The van der Waals surface area contributed by atoms with Crippen molar-refractivity contribution in [3.05, 3.63) is 23.8 Å². The first-order valence-electron chi connectivity index (χ1n) is 8.88. The molecule has 0 aromatic carbocycles. The van der Waals surface area contributed by atoms with Crippen molar-refractivity contribution in [1.29, 1.82) is 0 Å². The van der Waals surface area contributed by atoms with Gasteiger partial charge in [0.15, 0.2) is 0 Å². The van der Waals surface area contributed by atoms with E-state index in [1.807, 2.05) is 25.9 Å². The van der Waals surface area contributed by atoms with Crippen molar-refractivity contribution in [2.45, 2.75) is 38.8 Å². The number of rotatable bonds is 3. The predicted octanol–water partition coefficient (Wildman–Crippen LogP) is 0.798. The van der Waals surface area contributed by atoms with Gasteiger partial charge < -0.3 is 14.7 Å². The van der Waals surface area contributed by atoms with Crippen molar-refractivity contribution >= 4 is 11.8 Å². The molecule has 0 radical (unpaired) electrons. The molecule has 2 fully saturated rings. The second-order valence-electron chi connectivity index (χ2n) is 7.49. The number of fused-ring (bicyclic) bond motifs is 1. The fraction of sp³-hybridized carbons (Fsp3) is 0.667. The molecule has 3 rings (SSSR count). The number of likely N-dealkylation sites (tertiary alicyclic amines) is 2. The highest BCUT2D eigenvalue weighted by Crippen LogP contribution is 2.36. The van der Waals surface area contributed by atoms with E-state index in [-0.39, 0.29) is 23.9 Å². The Morgan fingerprint density at radius 2 is 2.04 bits per heavy atom. The minimum absolute atomic E-state index is 0.0589. The average Bonchev–Trinajstić information content (AvgIpc) is 2.91. The van der Waals surface area contributed by atoms with Gasteiger partial charge in [0, 0.05) is 44.8 Å². The van der Waals surface area contributed by atoms with Gasteiger partial charge in [-0.1, -0.05) is 0 Å². The Balaban J connectivity index is 1.72. The lowest BCUT2D eigenvalue weighted by Gasteiger charge is -2.38. The Morgan fingerprint density at radius 1 is 1.28 bits per heavy atom. The van der Waals surface area contributed by atoms with Crippen LogP contribution < -0.4 is 0 Å². The molecule has 0 unspecified atom stereocenters. The number of hydrogen-bond acceptors (Lipinski definition) is 5. The van der Waals surface area contributed by atoms with Crippen molar-refractivity contribution in [2.24, 2.45) is 5.92 Å². The molecule has 2 aliphatic rings. The zero-order valence-electron chi connectivity index (χ0n) is 15.5. The Hall–Kier alpha value is -2.02. The normalized spacial score (nSPS) is 26.0. The van der Waals surface area contributed by atoms with Crippen molar-refractivity contribution in [1.82, 2.24) is 24.7 Å². The highest BCUT2D eigenvalue weighted by Gasteiger charge is 2.45. The number of nitrogens with zero attached hydrogens (tertiary/aromatic N) is 5. The fourth-order valence-corrected chi connectivity index (χ4v) is 4.28. The summed E-state index contributed by atoms with van der Waals surface area (Å²) in [5.74, 6) is 0.421. The van der Waals surface area contributed by atoms with Crippen LogP contribution in [0.3, 0.4) is 0 Å². The number of carbonyl (C=O) groups is 2. The summed E-state index contributed by atoms with van der Waals surface area (Å²) in [6, 6.07) is 0.479. The summed E-state index contributed by atoms with van der Waals surface area (Å²) in [7, 11) is 4.07. The van der Waals surface area contributed by atoms with Gasteiger partial charge in [0.25, 0.3) is 5.91 Å². The lowest BCUT2D eigenvalue weighted by Crippen LogP contribution is -2.50. The zero-order valence-corrected chi connectivity index (χ0v) is 15.5. The van der Waals surface area contributed by atoms with Gasteiger partial charge in [0.05, 0.1) is 11.9 Å². The van der Waals surface area contributed by atoms with Crippen LogP contribution in [0.4, 0.5) is 0 Å². The van der Waals surface area contributed by atoms with E-state index < -0.39 is 0 Å². The Bertz CT molecular complexity index is 645. The maximum atomic E-state index is 12.7. The molecule has 0 N–H and O–H groups in total. The smallest absolute Gasteiger partial charge is 0.274 e. The molecule has 1 aromatic rings. The number of aryl methyl sites for hydroxylation is 1. The number of likely N-dealkylation sites (N-methyl/N-ethyl adjacent to an activating group) is 1. The first-order valence-corrected chi connectivity index (χ1v) is 8.88. The third-order valence-corrected chi connectivity index (χ3v) is 5.25. The van der Waals surface area contributed by atoms with Crippen molar-refractivity contribution in [3.8, 4) is 0 Å². The Labute approximate surface area is 149 Å². The summed E-state index contributed by atoms with van der Waals surface area (Å²) < 4.78 is 0. The van der Waals surface area contributed by atoms with E-state index in [0.29, 0.717) is 24.7 Å². The van der Waals surface area contributed by atoms with Gasteiger partial charge in [-0.3, -0.25) is 14.6 Å². The molecule has 1 aromatic heterocycles. The lowest BCUT2D eigenvalue weighted by molar-refractivity contribution is -0.132. The number of carbonyl (C=O) groups excluding carboxylic acids is 2. The largest absolute Gasteiger partial charge is 0.337 e. The van der Waals surface area contributed by atoms with E-state index in [2.05, 4.69) is 19.8 Å². The maximum Gasteiger partial charge on any atom is 0.274 e. The first kappa shape index (κ1) is 17.8. The fourth-order valence-electron chi connectivity index (χ4n) is 4.28. The minimum atomic E-state index is -0.0589. The molecule has 0 bridgehead atoms. The topological polar surface area (TPSA) is 69.6 Å². The van der Waals surface area contributed by atoms with E-state index in [1.165, 1.54) is 0 Å². The van der Waals surface area contributed by atoms with Crippen LogP contribution in [-0.2, 0) is 4.79 Å². The third kappa shape index (κ3) is 3.66. The van der Waals surface area contributed by atoms with Gasteiger partial charge in [0.1, 0.15) is 5.69 Å². The summed E-state index contributed by atoms with van der Waals surface area (Å²) in [5, 5.41) is 0. The predicted molar refractivity (Wildman–Crippen MR) is 94.0 cm³/mol. The Morgan fingerprint density at radius 3 is 2.64 bits per heavy atom. The van der Waals surface area contributed by atoms with Crippen LogP contribution in [0.15, 0.2) is 12.4 Å². The van der Waals surface area contributed by atoms with Crippen molar-refractivity contribution < 1.29 is 9.59 Å². The molecule has 2 amide bonds. The van der Waals surface area contributed by atoms with E-state index in [4.69, 9.17) is 0 Å². The molecule has 25 heavy (non-hydrogen) atoms. The second kappa shape index (κ2) is 7.07. The molecule has 2 saturated heterocycles. The van der Waals surface area contributed by atoms with Gasteiger partial charge in [-0.15, -0.1) is 0 Å². The molecule has 3 atom stereocenters. The zero-order chi connectivity index (χ0) is 18.1. The SMILES string of the molecule is CC(=O)N1[C@H](CN(C)C)C[C@@H]2CN(C(=O)c3cnc(C)cn3)CC[C@@H]21. The highest BCUT2D eigenvalue weighted by atomic mass is 16.2. The molecule has 136 valence electrons. The molecule has 7 nitrogen and oxygen atoms in total. The summed E-state index contributed by atoms with van der Waals surface area (Å²) in [6.07, 6.45) is 4.96. The van der Waals surface area contributed by atoms with E-state index in [0.717, 1.165) is 25.1 Å². The van der Waals surface area contributed by atoms with Crippen LogP contribution in [0, 0.1) is 12.8 Å². The summed E-state index contributed by atoms with van der Waals surface area (Å²) in [5.41, 5.74) is 1.20. The number of hydrogen-bond donors (Lipinski definition) is 0. The van der Waals surface area contributed by atoms with Gasteiger partial charge in [-0.2, -0.15) is 0 Å². The molecule has 0 spiro atoms. The second-order valence-corrected chi connectivity index (χ2v) is 7.49. The molecule has 3 heterocycles. The third-order valence-electron chi connectivity index (χ3n) is 5.25. The van der Waals surface area contributed by atoms with E-state index >= 15 is 0 Å². The van der Waals surface area contributed by atoms with Crippen LogP contribution in [-0.4, -0.2) is 82.3 Å². The number of aromatic nitrogens is 2. The van der Waals surface area contributed by atoms with Gasteiger partial charge >= 0.3 is 0 Å². The van der Waals surface area contributed by atoms with E-state index in [9.17, 15) is 9.59 Å². The summed E-state index contributed by atoms with van der Waals surface area (Å²) in [6.45, 7) is 5.72. The lowest BCUT2D eigenvalue weighted by atomic mass is 9.92. The van der Waals surface area contributed by atoms with Crippen LogP contribution in [0.1, 0.15) is 35.9 Å². The van der Waals surface area contributed by atoms with Gasteiger partial charge in [0.2, 0.25) is 5.91 Å². The molecule has 7 heteroatoms. The molecule has 2 aliphatic heterocycles. The van der Waals surface area contributed by atoms with Crippen LogP contribution in [0.5, 0.6) is 0 Å². The number of piperidine rings is 1. The maximum absolute atomic E-state index is 12.7. The molecular weight excluding hydrogens is 318 g/mol. The summed E-state index contributed by atoms with van der Waals surface area (Å²) in [4.78, 5) is 39.3. The van der Waals surface area contributed by atoms with Crippen molar-refractivity contribution in [3.63, 3.8) is 0 Å². The first-order chi connectivity index (χ1) is 11.9. The monoisotopic (exact) mass is 345 g/mol. The average molecular weight is 345 g/mol. The molecular formula is C18H27N5O2. The van der Waals surface area contributed by atoms with Crippen LogP contribution in [0.25, 0.3) is 0 Å². The Kier molecular flexibility index (Phi) is 5.03. The van der Waals surface area contributed by atoms with Crippen molar-refractivity contribution in [2.75, 3.05) is 33.7 Å². The number of amides is 2. The van der Waals surface area contributed by atoms with Crippen LogP contribution >= 0.6 is 0 Å². The summed E-state index contributed by atoms with van der Waals surface area (Å²) >= 11 is 0. The highest BCUT2D eigenvalue weighted by molar-refractivity contribution is 5.92.